The molecule has 3 heteroatoms. The van der Waals surface area contributed by atoms with Gasteiger partial charge in [-0.2, -0.15) is 0 Å². The Hall–Kier alpha value is -1.06. The van der Waals surface area contributed by atoms with Crippen molar-refractivity contribution >= 4 is 27.1 Å². The van der Waals surface area contributed by atoms with Crippen LogP contribution in [0.1, 0.15) is 13.3 Å². The van der Waals surface area contributed by atoms with E-state index in [1.165, 1.54) is 15.8 Å². The number of nitrogens with one attached hydrogen (secondary N) is 1. The molecule has 0 aliphatic heterocycles. The van der Waals surface area contributed by atoms with Gasteiger partial charge in [-0.15, -0.1) is 11.3 Å². The van der Waals surface area contributed by atoms with Gasteiger partial charge in [-0.25, -0.2) is 0 Å². The van der Waals surface area contributed by atoms with Gasteiger partial charge in [0.25, 0.3) is 0 Å². The summed E-state index contributed by atoms with van der Waals surface area (Å²) in [4.78, 5) is 0. The van der Waals surface area contributed by atoms with Crippen LogP contribution in [0.4, 0.5) is 5.69 Å². The summed E-state index contributed by atoms with van der Waals surface area (Å²) < 4.78 is 1.34. The van der Waals surface area contributed by atoms with E-state index in [9.17, 15) is 0 Å². The van der Waals surface area contributed by atoms with Crippen LogP contribution in [0.5, 0.6) is 0 Å². The quantitative estimate of drug-likeness (QED) is 0.833. The van der Waals surface area contributed by atoms with Gasteiger partial charge in [0.1, 0.15) is 0 Å². The lowest BCUT2D eigenvalue weighted by Gasteiger charge is -2.13. The van der Waals surface area contributed by atoms with Gasteiger partial charge in [-0.3, -0.25) is 0 Å². The average Bonchev–Trinajstić information content (AvgIpc) is 2.74. The second-order valence-corrected chi connectivity index (χ2v) is 4.95. The summed E-state index contributed by atoms with van der Waals surface area (Å²) in [6.07, 6.45) is 1.13. The summed E-state index contributed by atoms with van der Waals surface area (Å²) in [5, 5.41) is 7.01. The van der Waals surface area contributed by atoms with Gasteiger partial charge in [-0.05, 0) is 18.5 Å². The molecule has 86 valence electrons. The smallest absolute Gasteiger partial charge is 0.0529 e. The molecule has 0 saturated carbocycles. The molecule has 0 aliphatic carbocycles. The molecule has 0 saturated heterocycles. The van der Waals surface area contributed by atoms with Crippen LogP contribution in [0.2, 0.25) is 0 Å². The fraction of sp³-hybridized carbons (Fsp3) is 0.385. The summed E-state index contributed by atoms with van der Waals surface area (Å²) in [5.41, 5.74) is 6.94. The maximum absolute atomic E-state index is 5.70. The van der Waals surface area contributed by atoms with Gasteiger partial charge in [0.15, 0.2) is 0 Å². The molecule has 2 aromatic rings. The molecule has 0 aliphatic rings. The number of benzene rings is 1. The van der Waals surface area contributed by atoms with Crippen molar-refractivity contribution in [3.63, 3.8) is 0 Å². The number of hydrogen-bond donors (Lipinski definition) is 2. The molecule has 0 bridgehead atoms. The topological polar surface area (TPSA) is 38.0 Å². The van der Waals surface area contributed by atoms with Crippen LogP contribution in [0.25, 0.3) is 10.1 Å². The zero-order chi connectivity index (χ0) is 11.4. The first kappa shape index (κ1) is 11.4. The third-order valence-electron chi connectivity index (χ3n) is 2.97. The van der Waals surface area contributed by atoms with Gasteiger partial charge in [0.05, 0.1) is 5.69 Å². The minimum atomic E-state index is 0.568. The number of nitrogens with two attached hydrogens (primary N) is 1. The van der Waals surface area contributed by atoms with Crippen molar-refractivity contribution in [3.8, 4) is 0 Å². The van der Waals surface area contributed by atoms with Crippen LogP contribution in [-0.2, 0) is 0 Å². The number of thiophene rings is 1. The Morgan fingerprint density at radius 3 is 2.94 bits per heavy atom. The molecule has 2 nitrogen and oxygen atoms in total. The second kappa shape index (κ2) is 5.32. The zero-order valence-electron chi connectivity index (χ0n) is 9.57. The van der Waals surface area contributed by atoms with E-state index in [1.807, 2.05) is 0 Å². The van der Waals surface area contributed by atoms with Crippen molar-refractivity contribution in [3.05, 3.63) is 29.6 Å². The lowest BCUT2D eigenvalue weighted by molar-refractivity contribution is 0.549. The predicted molar refractivity (Wildman–Crippen MR) is 73.2 cm³/mol. The fourth-order valence-electron chi connectivity index (χ4n) is 1.76. The molecular formula is C13H18N2S. The van der Waals surface area contributed by atoms with Gasteiger partial charge in [-0.1, -0.05) is 31.5 Å². The van der Waals surface area contributed by atoms with Crippen LogP contribution in [0.3, 0.4) is 0 Å². The van der Waals surface area contributed by atoms with Crippen LogP contribution >= 0.6 is 11.3 Å². The Labute approximate surface area is 100 Å². The summed E-state index contributed by atoms with van der Waals surface area (Å²) in [6, 6.07) is 8.49. The minimum Gasteiger partial charge on any atom is -0.384 e. The molecule has 0 radical (unpaired) electrons. The number of anilines is 1. The van der Waals surface area contributed by atoms with E-state index in [2.05, 4.69) is 41.9 Å². The SMILES string of the molecule is CCC(CN)CNc1csc2ccccc12. The van der Waals surface area contributed by atoms with Gasteiger partial charge < -0.3 is 11.1 Å². The largest absolute Gasteiger partial charge is 0.384 e. The third-order valence-corrected chi connectivity index (χ3v) is 3.94. The molecule has 1 aromatic carbocycles. The van der Waals surface area contributed by atoms with Gasteiger partial charge in [0, 0.05) is 22.0 Å². The molecule has 0 spiro atoms. The highest BCUT2D eigenvalue weighted by Crippen LogP contribution is 2.29. The maximum atomic E-state index is 5.70. The summed E-state index contributed by atoms with van der Waals surface area (Å²) >= 11 is 1.79. The molecule has 1 unspecified atom stereocenters. The predicted octanol–water partition coefficient (Wildman–Crippen LogP) is 3.30. The molecule has 0 fully saturated rings. The number of rotatable bonds is 5. The van der Waals surface area contributed by atoms with E-state index in [-0.39, 0.29) is 0 Å². The summed E-state index contributed by atoms with van der Waals surface area (Å²) in [6.45, 7) is 3.91. The van der Waals surface area contributed by atoms with Crippen LogP contribution in [-0.4, -0.2) is 13.1 Å². The molecule has 1 heterocycles. The Morgan fingerprint density at radius 1 is 1.38 bits per heavy atom. The van der Waals surface area contributed by atoms with E-state index in [4.69, 9.17) is 5.73 Å². The first-order valence-corrected chi connectivity index (χ1v) is 6.63. The van der Waals surface area contributed by atoms with Crippen molar-refractivity contribution in [2.24, 2.45) is 11.7 Å². The van der Waals surface area contributed by atoms with E-state index in [0.717, 1.165) is 19.5 Å². The van der Waals surface area contributed by atoms with Crippen molar-refractivity contribution < 1.29 is 0 Å². The highest BCUT2D eigenvalue weighted by molar-refractivity contribution is 7.17. The Balaban J connectivity index is 2.09. The van der Waals surface area contributed by atoms with Crippen LogP contribution in [0, 0.1) is 5.92 Å². The highest BCUT2D eigenvalue weighted by atomic mass is 32.1. The monoisotopic (exact) mass is 234 g/mol. The molecule has 1 atom stereocenters. The molecular weight excluding hydrogens is 216 g/mol. The Kier molecular flexibility index (Phi) is 3.80. The van der Waals surface area contributed by atoms with Crippen molar-refractivity contribution in [1.82, 2.24) is 0 Å². The molecule has 3 N–H and O–H groups in total. The second-order valence-electron chi connectivity index (χ2n) is 4.04. The molecule has 0 amide bonds. The standard InChI is InChI=1S/C13H18N2S/c1-2-10(7-14)8-15-12-9-16-13-6-4-3-5-11(12)13/h3-6,9-10,15H,2,7-8,14H2,1H3. The first-order valence-electron chi connectivity index (χ1n) is 5.75. The van der Waals surface area contributed by atoms with E-state index in [1.54, 1.807) is 11.3 Å². The Bertz CT molecular complexity index is 446. The van der Waals surface area contributed by atoms with Crippen molar-refractivity contribution in [1.29, 1.82) is 0 Å². The lowest BCUT2D eigenvalue weighted by Crippen LogP contribution is -2.21. The summed E-state index contributed by atoms with van der Waals surface area (Å²) in [7, 11) is 0. The molecule has 1 aromatic heterocycles. The Morgan fingerprint density at radius 2 is 2.19 bits per heavy atom. The van der Waals surface area contributed by atoms with E-state index in [0.29, 0.717) is 5.92 Å². The highest BCUT2D eigenvalue weighted by Gasteiger charge is 2.06. The van der Waals surface area contributed by atoms with Gasteiger partial charge >= 0.3 is 0 Å². The number of hydrogen-bond acceptors (Lipinski definition) is 3. The maximum Gasteiger partial charge on any atom is 0.0529 e. The zero-order valence-corrected chi connectivity index (χ0v) is 10.4. The van der Waals surface area contributed by atoms with E-state index >= 15 is 0 Å². The van der Waals surface area contributed by atoms with Crippen LogP contribution < -0.4 is 11.1 Å². The first-order chi connectivity index (χ1) is 7.85. The fourth-order valence-corrected chi connectivity index (χ4v) is 2.68. The van der Waals surface area contributed by atoms with Crippen molar-refractivity contribution in [2.75, 3.05) is 18.4 Å². The van der Waals surface area contributed by atoms with Gasteiger partial charge in [0.2, 0.25) is 0 Å². The number of fused-ring (bicyclic) bond motifs is 1. The normalized spacial score (nSPS) is 12.9. The summed E-state index contributed by atoms with van der Waals surface area (Å²) in [5.74, 6) is 0.568. The molecule has 2 rings (SSSR count). The minimum absolute atomic E-state index is 0.568. The van der Waals surface area contributed by atoms with Crippen molar-refractivity contribution in [2.45, 2.75) is 13.3 Å². The third kappa shape index (κ3) is 2.36. The average molecular weight is 234 g/mol. The lowest BCUT2D eigenvalue weighted by atomic mass is 10.1. The molecule has 16 heavy (non-hydrogen) atoms. The van der Waals surface area contributed by atoms with Crippen LogP contribution in [0.15, 0.2) is 29.6 Å². The van der Waals surface area contributed by atoms with E-state index < -0.39 is 0 Å².